The van der Waals surface area contributed by atoms with Crippen molar-refractivity contribution < 1.29 is 4.74 Å². The van der Waals surface area contributed by atoms with Crippen LogP contribution in [-0.4, -0.2) is 22.3 Å². The van der Waals surface area contributed by atoms with Gasteiger partial charge in [-0.25, -0.2) is 4.98 Å². The highest BCUT2D eigenvalue weighted by Gasteiger charge is 2.30. The van der Waals surface area contributed by atoms with Gasteiger partial charge in [0.1, 0.15) is 17.4 Å². The number of ether oxygens (including phenoxy) is 1. The predicted molar refractivity (Wildman–Crippen MR) is 77.3 cm³/mol. The van der Waals surface area contributed by atoms with Crippen LogP contribution in [0.1, 0.15) is 31.2 Å². The minimum Gasteiger partial charge on any atom is -0.378 e. The molecule has 0 aliphatic heterocycles. The summed E-state index contributed by atoms with van der Waals surface area (Å²) in [4.78, 5) is 4.68. The molecule has 1 heterocycles. The molecule has 2 aromatic rings. The van der Waals surface area contributed by atoms with Crippen LogP contribution in [0.4, 0.5) is 0 Å². The molecule has 1 fully saturated rings. The summed E-state index contributed by atoms with van der Waals surface area (Å²) in [5.41, 5.74) is 2.53. The van der Waals surface area contributed by atoms with E-state index in [1.54, 1.807) is 0 Å². The van der Waals surface area contributed by atoms with Crippen LogP contribution in [0.25, 0.3) is 11.0 Å². The van der Waals surface area contributed by atoms with Crippen LogP contribution in [0, 0.1) is 17.2 Å². The molecule has 0 amide bonds. The molecule has 0 spiro atoms. The van der Waals surface area contributed by atoms with E-state index in [4.69, 9.17) is 10.00 Å². The molecule has 0 N–H and O–H groups in total. The summed E-state index contributed by atoms with van der Waals surface area (Å²) >= 11 is 0. The third-order valence-electron chi connectivity index (χ3n) is 4.19. The lowest BCUT2D eigenvalue weighted by Gasteiger charge is -2.34. The van der Waals surface area contributed by atoms with E-state index < -0.39 is 0 Å². The minimum absolute atomic E-state index is 0.439. The van der Waals surface area contributed by atoms with Gasteiger partial charge in [-0.05, 0) is 37.8 Å². The fourth-order valence-corrected chi connectivity index (χ4v) is 3.01. The Bertz CT molecular complexity index is 662. The van der Waals surface area contributed by atoms with Crippen molar-refractivity contribution in [2.45, 2.75) is 32.3 Å². The molecule has 0 atom stereocenters. The monoisotopic (exact) mass is 269 g/mol. The van der Waals surface area contributed by atoms with Crippen LogP contribution in [0.15, 0.2) is 18.2 Å². The Hall–Kier alpha value is -1.86. The van der Waals surface area contributed by atoms with E-state index in [1.165, 1.54) is 0 Å². The Morgan fingerprint density at radius 1 is 1.45 bits per heavy atom. The van der Waals surface area contributed by atoms with E-state index in [2.05, 4.69) is 15.6 Å². The molecule has 1 aliphatic rings. The van der Waals surface area contributed by atoms with Gasteiger partial charge in [-0.3, -0.25) is 0 Å². The maximum Gasteiger partial charge on any atom is 0.109 e. The lowest BCUT2D eigenvalue weighted by atomic mass is 9.80. The molecule has 1 aliphatic carbocycles. The molecule has 3 rings (SSSR count). The van der Waals surface area contributed by atoms with E-state index in [0.717, 1.165) is 42.7 Å². The van der Waals surface area contributed by atoms with Crippen LogP contribution < -0.4 is 0 Å². The molecule has 0 radical (unpaired) electrons. The highest BCUT2D eigenvalue weighted by atomic mass is 16.5. The summed E-state index contributed by atoms with van der Waals surface area (Å²) in [6.45, 7) is 2.84. The van der Waals surface area contributed by atoms with Gasteiger partial charge in [-0.1, -0.05) is 6.07 Å². The van der Waals surface area contributed by atoms with E-state index in [1.807, 2.05) is 32.2 Å². The van der Waals surface area contributed by atoms with Crippen molar-refractivity contribution in [1.82, 2.24) is 9.55 Å². The van der Waals surface area contributed by atoms with E-state index in [0.29, 0.717) is 17.6 Å². The van der Waals surface area contributed by atoms with Crippen molar-refractivity contribution in [2.24, 2.45) is 13.0 Å². The molecule has 4 heteroatoms. The first-order chi connectivity index (χ1) is 9.72. The zero-order valence-electron chi connectivity index (χ0n) is 12.0. The second-order valence-corrected chi connectivity index (χ2v) is 5.49. The molecule has 20 heavy (non-hydrogen) atoms. The van der Waals surface area contributed by atoms with Crippen LogP contribution >= 0.6 is 0 Å². The van der Waals surface area contributed by atoms with E-state index in [9.17, 15) is 0 Å². The topological polar surface area (TPSA) is 50.8 Å². The summed E-state index contributed by atoms with van der Waals surface area (Å²) in [5, 5.41) is 9.15. The first-order valence-corrected chi connectivity index (χ1v) is 7.19. The number of hydrogen-bond donors (Lipinski definition) is 0. The maximum atomic E-state index is 9.15. The molecule has 104 valence electrons. The van der Waals surface area contributed by atoms with Gasteiger partial charge in [0.05, 0.1) is 17.2 Å². The fraction of sp³-hybridized carbons (Fsp3) is 0.500. The molecule has 0 saturated heterocycles. The first-order valence-electron chi connectivity index (χ1n) is 7.19. The van der Waals surface area contributed by atoms with Crippen molar-refractivity contribution in [2.75, 3.05) is 6.61 Å². The number of rotatable bonds is 4. The Labute approximate surface area is 119 Å². The Morgan fingerprint density at radius 2 is 2.25 bits per heavy atom. The number of aryl methyl sites for hydroxylation is 1. The van der Waals surface area contributed by atoms with Crippen LogP contribution in [0.3, 0.4) is 0 Å². The lowest BCUT2D eigenvalue weighted by molar-refractivity contribution is -0.0246. The largest absolute Gasteiger partial charge is 0.378 e. The third kappa shape index (κ3) is 2.19. The lowest BCUT2D eigenvalue weighted by Crippen LogP contribution is -2.33. The van der Waals surface area contributed by atoms with Crippen LogP contribution in [-0.2, 0) is 18.2 Å². The highest BCUT2D eigenvalue weighted by molar-refractivity contribution is 5.82. The molecular weight excluding hydrogens is 250 g/mol. The zero-order valence-corrected chi connectivity index (χ0v) is 12.0. The average Bonchev–Trinajstić information content (AvgIpc) is 2.73. The molecule has 1 aromatic carbocycles. The van der Waals surface area contributed by atoms with Gasteiger partial charge in [0.15, 0.2) is 0 Å². The summed E-state index contributed by atoms with van der Waals surface area (Å²) in [6.07, 6.45) is 3.67. The summed E-state index contributed by atoms with van der Waals surface area (Å²) in [6, 6.07) is 7.99. The van der Waals surface area contributed by atoms with Crippen LogP contribution in [0.5, 0.6) is 0 Å². The van der Waals surface area contributed by atoms with Gasteiger partial charge in [-0.2, -0.15) is 5.26 Å². The van der Waals surface area contributed by atoms with Gasteiger partial charge in [0.2, 0.25) is 0 Å². The zero-order chi connectivity index (χ0) is 14.1. The standard InChI is InChI=1S/C16H19N3O/c1-3-20-13-7-11(8-13)9-15-18-16-12(10-17)5-4-6-14(16)19(15)2/h4-6,11,13H,3,7-9H2,1-2H3. The number of para-hydroxylation sites is 1. The van der Waals surface area contributed by atoms with Crippen LogP contribution in [0.2, 0.25) is 0 Å². The number of fused-ring (bicyclic) bond motifs is 1. The Kier molecular flexibility index (Phi) is 3.45. The Balaban J connectivity index is 1.80. The molecule has 0 unspecified atom stereocenters. The summed E-state index contributed by atoms with van der Waals surface area (Å²) < 4.78 is 7.72. The first kappa shape index (κ1) is 13.1. The highest BCUT2D eigenvalue weighted by Crippen LogP contribution is 2.33. The summed E-state index contributed by atoms with van der Waals surface area (Å²) in [7, 11) is 2.03. The molecule has 0 bridgehead atoms. The van der Waals surface area contributed by atoms with E-state index in [-0.39, 0.29) is 0 Å². The predicted octanol–water partition coefficient (Wildman–Crippen LogP) is 2.80. The maximum absolute atomic E-state index is 9.15. The van der Waals surface area contributed by atoms with Gasteiger partial charge < -0.3 is 9.30 Å². The molecule has 1 aromatic heterocycles. The van der Waals surface area contributed by atoms with E-state index >= 15 is 0 Å². The van der Waals surface area contributed by atoms with Crippen molar-refractivity contribution in [3.8, 4) is 6.07 Å². The van der Waals surface area contributed by atoms with Crippen molar-refractivity contribution in [1.29, 1.82) is 5.26 Å². The minimum atomic E-state index is 0.439. The van der Waals surface area contributed by atoms with Gasteiger partial charge >= 0.3 is 0 Å². The number of nitriles is 1. The quantitative estimate of drug-likeness (QED) is 0.857. The summed E-state index contributed by atoms with van der Waals surface area (Å²) in [5.74, 6) is 1.73. The molecular formula is C16H19N3O. The second kappa shape index (κ2) is 5.26. The molecule has 4 nitrogen and oxygen atoms in total. The molecule has 1 saturated carbocycles. The normalized spacial score (nSPS) is 21.6. The Morgan fingerprint density at radius 3 is 2.95 bits per heavy atom. The van der Waals surface area contributed by atoms with Crippen molar-refractivity contribution in [3.63, 3.8) is 0 Å². The number of hydrogen-bond acceptors (Lipinski definition) is 3. The average molecular weight is 269 g/mol. The number of imidazole rings is 1. The SMILES string of the molecule is CCOC1CC(Cc2nc3c(C#N)cccc3n2C)C1. The van der Waals surface area contributed by atoms with Crippen molar-refractivity contribution in [3.05, 3.63) is 29.6 Å². The fourth-order valence-electron chi connectivity index (χ4n) is 3.01. The smallest absolute Gasteiger partial charge is 0.109 e. The number of nitrogens with zero attached hydrogens (tertiary/aromatic N) is 3. The third-order valence-corrected chi connectivity index (χ3v) is 4.19. The second-order valence-electron chi connectivity index (χ2n) is 5.49. The van der Waals surface area contributed by atoms with Gasteiger partial charge in [0, 0.05) is 20.1 Å². The number of aromatic nitrogens is 2. The number of benzene rings is 1. The van der Waals surface area contributed by atoms with Gasteiger partial charge in [0.25, 0.3) is 0 Å². The van der Waals surface area contributed by atoms with Gasteiger partial charge in [-0.15, -0.1) is 0 Å². The van der Waals surface area contributed by atoms with Crippen molar-refractivity contribution >= 4 is 11.0 Å².